The van der Waals surface area contributed by atoms with Crippen molar-refractivity contribution in [1.82, 2.24) is 14.5 Å². The van der Waals surface area contributed by atoms with E-state index in [0.29, 0.717) is 10.9 Å². The number of aryl methyl sites for hydroxylation is 1. The average molecular weight is 267 g/mol. The Morgan fingerprint density at radius 2 is 2.00 bits per heavy atom. The summed E-state index contributed by atoms with van der Waals surface area (Å²) in [7, 11) is 0. The third-order valence-electron chi connectivity index (χ3n) is 3.45. The van der Waals surface area contributed by atoms with Crippen LogP contribution in [-0.4, -0.2) is 25.6 Å². The molecule has 0 amide bonds. The summed E-state index contributed by atoms with van der Waals surface area (Å²) in [6.07, 6.45) is 1.72. The van der Waals surface area contributed by atoms with Gasteiger partial charge in [-0.3, -0.25) is 4.57 Å². The van der Waals surface area contributed by atoms with Gasteiger partial charge in [0.05, 0.1) is 16.8 Å². The molecule has 0 aliphatic rings. The maximum absolute atomic E-state index is 11.2. The van der Waals surface area contributed by atoms with E-state index in [0.717, 1.165) is 17.2 Å². The number of aromatic nitrogens is 3. The molecule has 0 saturated carbocycles. The van der Waals surface area contributed by atoms with E-state index in [1.807, 2.05) is 30.5 Å². The van der Waals surface area contributed by atoms with Crippen LogP contribution in [0, 0.1) is 13.8 Å². The number of nitrogens with zero attached hydrogens (tertiary/aromatic N) is 3. The quantitative estimate of drug-likeness (QED) is 0.775. The second-order valence-electron chi connectivity index (χ2n) is 4.63. The van der Waals surface area contributed by atoms with Gasteiger partial charge in [-0.25, -0.2) is 14.8 Å². The maximum Gasteiger partial charge on any atom is 0.336 e. The average Bonchev–Trinajstić information content (AvgIpc) is 2.77. The molecule has 1 aromatic carbocycles. The number of aromatic carboxylic acids is 1. The molecule has 20 heavy (non-hydrogen) atoms. The molecule has 5 heteroatoms. The van der Waals surface area contributed by atoms with Crippen molar-refractivity contribution in [3.63, 3.8) is 0 Å². The second-order valence-corrected chi connectivity index (χ2v) is 4.63. The minimum absolute atomic E-state index is 0.264. The fourth-order valence-electron chi connectivity index (χ4n) is 2.19. The van der Waals surface area contributed by atoms with Crippen molar-refractivity contribution in [3.05, 3.63) is 53.6 Å². The Balaban J connectivity index is 2.22. The van der Waals surface area contributed by atoms with Crippen molar-refractivity contribution < 1.29 is 9.90 Å². The number of benzene rings is 1. The highest BCUT2D eigenvalue weighted by Gasteiger charge is 2.11. The van der Waals surface area contributed by atoms with Crippen molar-refractivity contribution >= 4 is 16.9 Å². The Bertz CT molecular complexity index is 821. The molecule has 0 aliphatic carbocycles. The van der Waals surface area contributed by atoms with Crippen LogP contribution in [0.25, 0.3) is 16.7 Å². The van der Waals surface area contributed by atoms with Gasteiger partial charge in [0.2, 0.25) is 0 Å². The van der Waals surface area contributed by atoms with Gasteiger partial charge in [-0.2, -0.15) is 0 Å². The Morgan fingerprint density at radius 3 is 2.65 bits per heavy atom. The second kappa shape index (κ2) is 4.45. The van der Waals surface area contributed by atoms with E-state index < -0.39 is 5.97 Å². The third-order valence-corrected chi connectivity index (χ3v) is 3.45. The number of hydrogen-bond donors (Lipinski definition) is 1. The zero-order valence-electron chi connectivity index (χ0n) is 11.2. The van der Waals surface area contributed by atoms with Gasteiger partial charge in [0, 0.05) is 11.1 Å². The van der Waals surface area contributed by atoms with Gasteiger partial charge >= 0.3 is 5.97 Å². The monoisotopic (exact) mass is 267 g/mol. The minimum atomic E-state index is -0.945. The fourth-order valence-corrected chi connectivity index (χ4v) is 2.19. The smallest absolute Gasteiger partial charge is 0.336 e. The van der Waals surface area contributed by atoms with Crippen molar-refractivity contribution in [2.75, 3.05) is 0 Å². The summed E-state index contributed by atoms with van der Waals surface area (Å²) in [6, 6.07) is 8.69. The molecule has 0 bridgehead atoms. The van der Waals surface area contributed by atoms with Gasteiger partial charge in [-0.1, -0.05) is 6.07 Å². The van der Waals surface area contributed by atoms with Crippen LogP contribution < -0.4 is 0 Å². The number of imidazole rings is 1. The number of carboxylic acids is 1. The van der Waals surface area contributed by atoms with Crippen LogP contribution in [0.2, 0.25) is 0 Å². The molecule has 3 aromatic rings. The van der Waals surface area contributed by atoms with Crippen LogP contribution >= 0.6 is 0 Å². The van der Waals surface area contributed by atoms with Gasteiger partial charge in [-0.15, -0.1) is 0 Å². The molecule has 5 nitrogen and oxygen atoms in total. The first kappa shape index (κ1) is 12.3. The topological polar surface area (TPSA) is 68.0 Å². The minimum Gasteiger partial charge on any atom is -0.478 e. The van der Waals surface area contributed by atoms with Crippen molar-refractivity contribution in [2.45, 2.75) is 13.8 Å². The molecule has 0 unspecified atom stereocenters. The van der Waals surface area contributed by atoms with Crippen LogP contribution in [0.15, 0.2) is 36.7 Å². The Labute approximate surface area is 115 Å². The maximum atomic E-state index is 11.2. The number of fused-ring (bicyclic) bond motifs is 1. The van der Waals surface area contributed by atoms with Crippen molar-refractivity contribution in [2.24, 2.45) is 0 Å². The molecular formula is C15H13N3O2. The molecule has 0 aliphatic heterocycles. The van der Waals surface area contributed by atoms with Gasteiger partial charge in [0.25, 0.3) is 0 Å². The standard InChI is InChI=1S/C15H13N3O2/c1-9-10(2)18(8-16-9)14-7-6-11-12(15(19)20)4-3-5-13(11)17-14/h3-8H,1-2H3,(H,19,20). The van der Waals surface area contributed by atoms with Crippen LogP contribution in [0.3, 0.4) is 0 Å². The Hall–Kier alpha value is -2.69. The summed E-state index contributed by atoms with van der Waals surface area (Å²) >= 11 is 0. The number of carbonyl (C=O) groups is 1. The number of carboxylic acid groups (broad SMARTS) is 1. The fraction of sp³-hybridized carbons (Fsp3) is 0.133. The molecule has 0 fully saturated rings. The zero-order valence-corrected chi connectivity index (χ0v) is 11.2. The lowest BCUT2D eigenvalue weighted by molar-refractivity contribution is 0.0699. The first-order valence-corrected chi connectivity index (χ1v) is 6.22. The molecule has 0 saturated heterocycles. The summed E-state index contributed by atoms with van der Waals surface area (Å²) < 4.78 is 1.89. The SMILES string of the molecule is Cc1ncn(-c2ccc3c(C(=O)O)cccc3n2)c1C. The molecule has 2 aromatic heterocycles. The molecule has 0 spiro atoms. The van der Waals surface area contributed by atoms with Gasteiger partial charge in [0.1, 0.15) is 12.1 Å². The molecular weight excluding hydrogens is 254 g/mol. The summed E-state index contributed by atoms with van der Waals surface area (Å²) in [5.74, 6) is -0.210. The summed E-state index contributed by atoms with van der Waals surface area (Å²) in [6.45, 7) is 3.91. The first-order valence-electron chi connectivity index (χ1n) is 6.22. The Kier molecular flexibility index (Phi) is 2.75. The summed E-state index contributed by atoms with van der Waals surface area (Å²) in [5, 5.41) is 9.81. The van der Waals surface area contributed by atoms with Crippen LogP contribution in [-0.2, 0) is 0 Å². The summed E-state index contributed by atoms with van der Waals surface area (Å²) in [4.78, 5) is 20.0. The zero-order chi connectivity index (χ0) is 14.3. The van der Waals surface area contributed by atoms with Crippen LogP contribution in [0.4, 0.5) is 0 Å². The first-order chi connectivity index (χ1) is 9.58. The lowest BCUT2D eigenvalue weighted by Crippen LogP contribution is -2.01. The van der Waals surface area contributed by atoms with Crippen molar-refractivity contribution in [3.8, 4) is 5.82 Å². The normalized spacial score (nSPS) is 10.9. The Morgan fingerprint density at radius 1 is 1.20 bits per heavy atom. The largest absolute Gasteiger partial charge is 0.478 e. The number of rotatable bonds is 2. The molecule has 3 rings (SSSR count). The molecule has 100 valence electrons. The third kappa shape index (κ3) is 1.84. The van der Waals surface area contributed by atoms with Gasteiger partial charge < -0.3 is 5.11 Å². The van der Waals surface area contributed by atoms with Crippen molar-refractivity contribution in [1.29, 1.82) is 0 Å². The van der Waals surface area contributed by atoms with E-state index in [9.17, 15) is 9.90 Å². The van der Waals surface area contributed by atoms with Crippen LogP contribution in [0.5, 0.6) is 0 Å². The van der Waals surface area contributed by atoms with E-state index in [1.54, 1.807) is 24.5 Å². The van der Waals surface area contributed by atoms with E-state index in [1.165, 1.54) is 0 Å². The van der Waals surface area contributed by atoms with Gasteiger partial charge in [0.15, 0.2) is 0 Å². The van der Waals surface area contributed by atoms with E-state index in [-0.39, 0.29) is 5.56 Å². The highest BCUT2D eigenvalue weighted by Crippen LogP contribution is 2.20. The number of pyridine rings is 1. The number of hydrogen-bond acceptors (Lipinski definition) is 3. The highest BCUT2D eigenvalue weighted by atomic mass is 16.4. The van der Waals surface area contributed by atoms with E-state index in [2.05, 4.69) is 9.97 Å². The predicted molar refractivity (Wildman–Crippen MR) is 75.3 cm³/mol. The lowest BCUT2D eigenvalue weighted by Gasteiger charge is -2.07. The van der Waals surface area contributed by atoms with Gasteiger partial charge in [-0.05, 0) is 38.1 Å². The molecule has 1 N–H and O–H groups in total. The predicted octanol–water partition coefficient (Wildman–Crippen LogP) is 2.74. The van der Waals surface area contributed by atoms with Crippen LogP contribution in [0.1, 0.15) is 21.7 Å². The van der Waals surface area contributed by atoms with E-state index >= 15 is 0 Å². The molecule has 2 heterocycles. The molecule has 0 radical (unpaired) electrons. The summed E-state index contributed by atoms with van der Waals surface area (Å²) in [5.41, 5.74) is 2.89. The highest BCUT2D eigenvalue weighted by molar-refractivity contribution is 6.02. The lowest BCUT2D eigenvalue weighted by atomic mass is 10.1. The molecule has 0 atom stereocenters. The van der Waals surface area contributed by atoms with E-state index in [4.69, 9.17) is 0 Å².